The number of hydrogen-bond donors (Lipinski definition) is 2. The molecule has 0 radical (unpaired) electrons. The average Bonchev–Trinajstić information content (AvgIpc) is 3.10. The minimum atomic E-state index is 0.00231. The Kier molecular flexibility index (Phi) is 6.19. The van der Waals surface area contributed by atoms with Crippen LogP contribution in [-0.2, 0) is 4.79 Å². The number of piperidine rings is 1. The zero-order valence-corrected chi connectivity index (χ0v) is 16.6. The van der Waals surface area contributed by atoms with Gasteiger partial charge in [-0.3, -0.25) is 9.59 Å². The number of carbonyl (C=O) groups is 2. The maximum absolute atomic E-state index is 12.8. The Bertz CT molecular complexity index is 755. The Morgan fingerprint density at radius 1 is 1.19 bits per heavy atom. The van der Waals surface area contributed by atoms with Crippen molar-refractivity contribution in [2.45, 2.75) is 40.0 Å². The van der Waals surface area contributed by atoms with Crippen molar-refractivity contribution >= 4 is 22.7 Å². The number of likely N-dealkylation sites (tertiary alicyclic amines) is 1. The van der Waals surface area contributed by atoms with Gasteiger partial charge in [0.25, 0.3) is 5.91 Å². The molecule has 1 atom stereocenters. The number of nitrogens with one attached hydrogen (secondary N) is 2. The second kappa shape index (κ2) is 8.59. The van der Waals surface area contributed by atoms with Gasteiger partial charge in [0, 0.05) is 36.5 Å². The number of rotatable bonds is 6. The molecule has 2 N–H and O–H groups in total. The van der Waals surface area contributed by atoms with E-state index in [4.69, 9.17) is 0 Å². The van der Waals surface area contributed by atoms with Gasteiger partial charge >= 0.3 is 0 Å². The van der Waals surface area contributed by atoms with Gasteiger partial charge in [0.15, 0.2) is 0 Å². The van der Waals surface area contributed by atoms with Crippen molar-refractivity contribution in [3.05, 3.63) is 36.0 Å². The highest BCUT2D eigenvalue weighted by Gasteiger charge is 2.30. The standard InChI is InChI=1S/C22H31N3O2/c1-15(2)8-11-23-21(26)16(3)17-9-12-25(13-10-17)22(27)20-14-18-6-4-5-7-19(18)24-20/h4-7,14-17,24H,8-13H2,1-3H3,(H,23,26)/t16-/m1/s1. The first-order valence-electron chi connectivity index (χ1n) is 10.1. The molecule has 146 valence electrons. The van der Waals surface area contributed by atoms with E-state index in [0.717, 1.165) is 36.7 Å². The third-order valence-electron chi connectivity index (χ3n) is 5.73. The van der Waals surface area contributed by atoms with Crippen LogP contribution < -0.4 is 5.32 Å². The molecule has 0 saturated carbocycles. The first kappa shape index (κ1) is 19.5. The monoisotopic (exact) mass is 369 g/mol. The predicted octanol–water partition coefficient (Wildman–Crippen LogP) is 3.82. The molecule has 2 aromatic rings. The zero-order valence-electron chi connectivity index (χ0n) is 16.6. The smallest absolute Gasteiger partial charge is 0.270 e. The zero-order chi connectivity index (χ0) is 19.4. The van der Waals surface area contributed by atoms with Crippen LogP contribution in [-0.4, -0.2) is 41.3 Å². The lowest BCUT2D eigenvalue weighted by Crippen LogP contribution is -2.43. The first-order chi connectivity index (χ1) is 13.0. The number of H-pyrrole nitrogens is 1. The molecule has 0 aliphatic carbocycles. The van der Waals surface area contributed by atoms with Gasteiger partial charge in [-0.15, -0.1) is 0 Å². The summed E-state index contributed by atoms with van der Waals surface area (Å²) in [5.74, 6) is 1.15. The maximum atomic E-state index is 12.8. The summed E-state index contributed by atoms with van der Waals surface area (Å²) >= 11 is 0. The second-order valence-electron chi connectivity index (χ2n) is 8.16. The molecular formula is C22H31N3O2. The third-order valence-corrected chi connectivity index (χ3v) is 5.73. The Morgan fingerprint density at radius 2 is 1.89 bits per heavy atom. The quantitative estimate of drug-likeness (QED) is 0.813. The van der Waals surface area contributed by atoms with Crippen LogP contribution in [0.4, 0.5) is 0 Å². The summed E-state index contributed by atoms with van der Waals surface area (Å²) < 4.78 is 0. The van der Waals surface area contributed by atoms with Gasteiger partial charge in [0.1, 0.15) is 5.69 Å². The van der Waals surface area contributed by atoms with Crippen LogP contribution in [0, 0.1) is 17.8 Å². The van der Waals surface area contributed by atoms with Gasteiger partial charge in [-0.25, -0.2) is 0 Å². The Hall–Kier alpha value is -2.30. The summed E-state index contributed by atoms with van der Waals surface area (Å²) in [7, 11) is 0. The van der Waals surface area contributed by atoms with Crippen molar-refractivity contribution < 1.29 is 9.59 Å². The average molecular weight is 370 g/mol. The number of benzene rings is 1. The van der Waals surface area contributed by atoms with Gasteiger partial charge in [0.05, 0.1) is 0 Å². The molecule has 0 unspecified atom stereocenters. The fraction of sp³-hybridized carbons (Fsp3) is 0.545. The molecule has 5 nitrogen and oxygen atoms in total. The lowest BCUT2D eigenvalue weighted by molar-refractivity contribution is -0.126. The van der Waals surface area contributed by atoms with Crippen LogP contribution in [0.25, 0.3) is 10.9 Å². The van der Waals surface area contributed by atoms with E-state index in [1.54, 1.807) is 0 Å². The fourth-order valence-corrected chi connectivity index (χ4v) is 3.82. The van der Waals surface area contributed by atoms with E-state index in [1.807, 2.05) is 42.2 Å². The summed E-state index contributed by atoms with van der Waals surface area (Å²) in [6.07, 6.45) is 2.77. The van der Waals surface area contributed by atoms with Gasteiger partial charge in [0.2, 0.25) is 5.91 Å². The SMILES string of the molecule is CC(C)CCNC(=O)[C@H](C)C1CCN(C(=O)c2cc3ccccc3[nH]2)CC1. The molecular weight excluding hydrogens is 338 g/mol. The lowest BCUT2D eigenvalue weighted by atomic mass is 9.84. The molecule has 1 aromatic heterocycles. The van der Waals surface area contributed by atoms with Gasteiger partial charge < -0.3 is 15.2 Å². The van der Waals surface area contributed by atoms with Gasteiger partial charge in [-0.2, -0.15) is 0 Å². The molecule has 5 heteroatoms. The molecule has 1 aliphatic rings. The molecule has 0 spiro atoms. The normalized spacial score (nSPS) is 16.7. The highest BCUT2D eigenvalue weighted by Crippen LogP contribution is 2.26. The molecule has 0 bridgehead atoms. The van der Waals surface area contributed by atoms with E-state index >= 15 is 0 Å². The molecule has 3 rings (SSSR count). The minimum Gasteiger partial charge on any atom is -0.356 e. The van der Waals surface area contributed by atoms with E-state index < -0.39 is 0 Å². The number of hydrogen-bond acceptors (Lipinski definition) is 2. The third kappa shape index (κ3) is 4.71. The van der Waals surface area contributed by atoms with Crippen LogP contribution in [0.5, 0.6) is 0 Å². The van der Waals surface area contributed by atoms with Crippen LogP contribution in [0.3, 0.4) is 0 Å². The van der Waals surface area contributed by atoms with Crippen LogP contribution in [0.1, 0.15) is 50.5 Å². The van der Waals surface area contributed by atoms with Crippen molar-refractivity contribution in [2.75, 3.05) is 19.6 Å². The summed E-state index contributed by atoms with van der Waals surface area (Å²) in [5, 5.41) is 4.12. The molecule has 27 heavy (non-hydrogen) atoms. The number of nitrogens with zero attached hydrogens (tertiary/aromatic N) is 1. The van der Waals surface area contributed by atoms with Gasteiger partial charge in [-0.1, -0.05) is 39.0 Å². The number of para-hydroxylation sites is 1. The Labute approximate surface area is 161 Å². The highest BCUT2D eigenvalue weighted by molar-refractivity contribution is 5.98. The fourth-order valence-electron chi connectivity index (χ4n) is 3.82. The first-order valence-corrected chi connectivity index (χ1v) is 10.1. The molecule has 2 heterocycles. The van der Waals surface area contributed by atoms with Crippen molar-refractivity contribution in [1.29, 1.82) is 0 Å². The molecule has 2 amide bonds. The minimum absolute atomic E-state index is 0.00231. The number of aromatic amines is 1. The maximum Gasteiger partial charge on any atom is 0.270 e. The number of fused-ring (bicyclic) bond motifs is 1. The summed E-state index contributed by atoms with van der Waals surface area (Å²) in [5.41, 5.74) is 1.64. The Morgan fingerprint density at radius 3 is 2.56 bits per heavy atom. The molecule has 1 fully saturated rings. The van der Waals surface area contributed by atoms with E-state index in [0.29, 0.717) is 30.6 Å². The van der Waals surface area contributed by atoms with Crippen molar-refractivity contribution in [2.24, 2.45) is 17.8 Å². The van der Waals surface area contributed by atoms with Crippen LogP contribution >= 0.6 is 0 Å². The van der Waals surface area contributed by atoms with Gasteiger partial charge in [-0.05, 0) is 43.2 Å². The van der Waals surface area contributed by atoms with Crippen LogP contribution in [0.2, 0.25) is 0 Å². The van der Waals surface area contributed by atoms with E-state index in [-0.39, 0.29) is 17.7 Å². The van der Waals surface area contributed by atoms with E-state index in [1.165, 1.54) is 0 Å². The number of carbonyl (C=O) groups excluding carboxylic acids is 2. The second-order valence-corrected chi connectivity index (χ2v) is 8.16. The highest BCUT2D eigenvalue weighted by atomic mass is 16.2. The number of aromatic nitrogens is 1. The summed E-state index contributed by atoms with van der Waals surface area (Å²) in [6, 6.07) is 9.86. The molecule has 1 aromatic carbocycles. The number of amides is 2. The van der Waals surface area contributed by atoms with E-state index in [2.05, 4.69) is 24.1 Å². The largest absolute Gasteiger partial charge is 0.356 e. The topological polar surface area (TPSA) is 65.2 Å². The van der Waals surface area contributed by atoms with E-state index in [9.17, 15) is 9.59 Å². The lowest BCUT2D eigenvalue weighted by Gasteiger charge is -2.34. The predicted molar refractivity (Wildman–Crippen MR) is 109 cm³/mol. The van der Waals surface area contributed by atoms with Crippen molar-refractivity contribution in [3.63, 3.8) is 0 Å². The summed E-state index contributed by atoms with van der Waals surface area (Å²) in [6.45, 7) is 8.51. The van der Waals surface area contributed by atoms with Crippen molar-refractivity contribution in [1.82, 2.24) is 15.2 Å². The molecule has 1 saturated heterocycles. The van der Waals surface area contributed by atoms with Crippen LogP contribution in [0.15, 0.2) is 30.3 Å². The summed E-state index contributed by atoms with van der Waals surface area (Å²) in [4.78, 5) is 30.3. The Balaban J connectivity index is 1.52. The van der Waals surface area contributed by atoms with Crippen molar-refractivity contribution in [3.8, 4) is 0 Å². The molecule has 1 aliphatic heterocycles.